The van der Waals surface area contributed by atoms with Crippen LogP contribution < -0.4 is 10.2 Å². The van der Waals surface area contributed by atoms with E-state index in [0.717, 1.165) is 17.7 Å². The Balaban J connectivity index is 1.64. The van der Waals surface area contributed by atoms with Crippen molar-refractivity contribution < 1.29 is 9.53 Å². The Kier molecular flexibility index (Phi) is 4.11. The predicted molar refractivity (Wildman–Crippen MR) is 86.7 cm³/mol. The summed E-state index contributed by atoms with van der Waals surface area (Å²) in [6, 6.07) is 12.5. The molecule has 3 rings (SSSR count). The van der Waals surface area contributed by atoms with Crippen LogP contribution in [0.2, 0.25) is 5.02 Å². The van der Waals surface area contributed by atoms with Crippen molar-refractivity contribution in [2.45, 2.75) is 19.4 Å². The van der Waals surface area contributed by atoms with Gasteiger partial charge in [0.2, 0.25) is 0 Å². The van der Waals surface area contributed by atoms with Crippen LogP contribution in [0.3, 0.4) is 0 Å². The summed E-state index contributed by atoms with van der Waals surface area (Å²) >= 11 is 5.79. The maximum absolute atomic E-state index is 11.9. The van der Waals surface area contributed by atoms with E-state index in [1.54, 1.807) is 30.5 Å². The van der Waals surface area contributed by atoms with Gasteiger partial charge in [-0.25, -0.2) is 5.43 Å². The summed E-state index contributed by atoms with van der Waals surface area (Å²) in [4.78, 5) is 11.9. The van der Waals surface area contributed by atoms with Crippen LogP contribution in [0.15, 0.2) is 47.6 Å². The summed E-state index contributed by atoms with van der Waals surface area (Å²) in [5, 5.41) is 4.58. The zero-order valence-electron chi connectivity index (χ0n) is 12.0. The molecule has 0 spiro atoms. The van der Waals surface area contributed by atoms with E-state index in [9.17, 15) is 4.79 Å². The molecule has 0 fully saturated rings. The Morgan fingerprint density at radius 1 is 1.32 bits per heavy atom. The first kappa shape index (κ1) is 14.6. The van der Waals surface area contributed by atoms with E-state index in [-0.39, 0.29) is 12.0 Å². The van der Waals surface area contributed by atoms with Crippen molar-refractivity contribution in [3.8, 4) is 5.75 Å². The minimum atomic E-state index is -0.272. The number of hydrazone groups is 1. The average molecular weight is 315 g/mol. The topological polar surface area (TPSA) is 50.7 Å². The fourth-order valence-corrected chi connectivity index (χ4v) is 2.48. The highest BCUT2D eigenvalue weighted by molar-refractivity contribution is 6.30. The van der Waals surface area contributed by atoms with Crippen LogP contribution in [0.25, 0.3) is 0 Å². The van der Waals surface area contributed by atoms with Crippen molar-refractivity contribution in [1.29, 1.82) is 0 Å². The number of carbonyl (C=O) groups is 1. The molecule has 112 valence electrons. The first-order valence-corrected chi connectivity index (χ1v) is 7.38. The first-order valence-electron chi connectivity index (χ1n) is 7.00. The predicted octanol–water partition coefficient (Wildman–Crippen LogP) is 3.43. The average Bonchev–Trinajstić information content (AvgIpc) is 2.87. The van der Waals surface area contributed by atoms with Crippen molar-refractivity contribution in [1.82, 2.24) is 5.43 Å². The smallest absolute Gasteiger partial charge is 0.271 e. The largest absolute Gasteiger partial charge is 0.490 e. The number of carbonyl (C=O) groups excluding carboxylic acids is 1. The molecule has 0 unspecified atom stereocenters. The number of amides is 1. The number of hydrogen-bond donors (Lipinski definition) is 1. The lowest BCUT2D eigenvalue weighted by atomic mass is 10.1. The molecule has 1 amide bonds. The molecule has 1 N–H and O–H groups in total. The second-order valence-corrected chi connectivity index (χ2v) is 5.64. The molecule has 0 aromatic heterocycles. The summed E-state index contributed by atoms with van der Waals surface area (Å²) < 4.78 is 5.65. The molecule has 5 heteroatoms. The van der Waals surface area contributed by atoms with Crippen molar-refractivity contribution in [2.24, 2.45) is 5.10 Å². The number of hydrogen-bond acceptors (Lipinski definition) is 3. The Morgan fingerprint density at radius 3 is 2.86 bits per heavy atom. The quantitative estimate of drug-likeness (QED) is 0.697. The molecule has 1 atom stereocenters. The van der Waals surface area contributed by atoms with Crippen molar-refractivity contribution in [3.63, 3.8) is 0 Å². The highest BCUT2D eigenvalue weighted by atomic mass is 35.5. The molecule has 2 aromatic carbocycles. The lowest BCUT2D eigenvalue weighted by Gasteiger charge is -2.02. The van der Waals surface area contributed by atoms with Gasteiger partial charge in [-0.05, 0) is 60.5 Å². The van der Waals surface area contributed by atoms with Gasteiger partial charge in [0, 0.05) is 17.0 Å². The van der Waals surface area contributed by atoms with Gasteiger partial charge in [0.05, 0.1) is 6.21 Å². The zero-order valence-corrected chi connectivity index (χ0v) is 12.8. The molecule has 22 heavy (non-hydrogen) atoms. The number of rotatable bonds is 3. The van der Waals surface area contributed by atoms with E-state index in [1.165, 1.54) is 5.56 Å². The van der Waals surface area contributed by atoms with E-state index in [0.29, 0.717) is 10.6 Å². The van der Waals surface area contributed by atoms with Crippen molar-refractivity contribution in [3.05, 3.63) is 64.2 Å². The van der Waals surface area contributed by atoms with Gasteiger partial charge in [0.1, 0.15) is 11.9 Å². The Morgan fingerprint density at radius 2 is 2.09 bits per heavy atom. The minimum Gasteiger partial charge on any atom is -0.490 e. The number of fused-ring (bicyclic) bond motifs is 1. The molecule has 2 aromatic rings. The third-order valence-corrected chi connectivity index (χ3v) is 3.66. The van der Waals surface area contributed by atoms with E-state index >= 15 is 0 Å². The lowest BCUT2D eigenvalue weighted by molar-refractivity contribution is 0.0955. The molecule has 1 aliphatic rings. The van der Waals surface area contributed by atoms with Gasteiger partial charge in [-0.15, -0.1) is 0 Å². The lowest BCUT2D eigenvalue weighted by Crippen LogP contribution is -2.17. The van der Waals surface area contributed by atoms with Gasteiger partial charge in [-0.3, -0.25) is 4.79 Å². The second kappa shape index (κ2) is 6.20. The molecule has 0 radical (unpaired) electrons. The zero-order chi connectivity index (χ0) is 15.5. The molecular formula is C17H15ClN2O2. The molecule has 0 saturated carbocycles. The Bertz CT molecular complexity index is 726. The number of halogens is 1. The van der Waals surface area contributed by atoms with Gasteiger partial charge in [-0.2, -0.15) is 5.10 Å². The van der Waals surface area contributed by atoms with Crippen molar-refractivity contribution in [2.75, 3.05) is 0 Å². The fraction of sp³-hybridized carbons (Fsp3) is 0.176. The summed E-state index contributed by atoms with van der Waals surface area (Å²) in [5.41, 5.74) is 5.10. The van der Waals surface area contributed by atoms with E-state index in [1.807, 2.05) is 25.1 Å². The third kappa shape index (κ3) is 3.28. The summed E-state index contributed by atoms with van der Waals surface area (Å²) in [6.45, 7) is 2.04. The van der Waals surface area contributed by atoms with Crippen LogP contribution in [-0.2, 0) is 6.42 Å². The minimum absolute atomic E-state index is 0.215. The van der Waals surface area contributed by atoms with E-state index in [4.69, 9.17) is 16.3 Å². The maximum atomic E-state index is 11.9. The van der Waals surface area contributed by atoms with Gasteiger partial charge in [-0.1, -0.05) is 11.6 Å². The van der Waals surface area contributed by atoms with E-state index < -0.39 is 0 Å². The SMILES string of the molecule is C[C@@H]1Cc2cc(/C=N/NC(=O)c3ccc(Cl)cc3)ccc2O1. The van der Waals surface area contributed by atoms with Crippen LogP contribution in [0.1, 0.15) is 28.4 Å². The molecule has 1 aliphatic heterocycles. The Hall–Kier alpha value is -2.33. The van der Waals surface area contributed by atoms with Gasteiger partial charge in [0.25, 0.3) is 5.91 Å². The highest BCUT2D eigenvalue weighted by Crippen LogP contribution is 2.28. The third-order valence-electron chi connectivity index (χ3n) is 3.41. The van der Waals surface area contributed by atoms with Gasteiger partial charge < -0.3 is 4.74 Å². The molecule has 0 saturated heterocycles. The summed E-state index contributed by atoms with van der Waals surface area (Å²) in [7, 11) is 0. The number of benzene rings is 2. The standard InChI is InChI=1S/C17H15ClN2O2/c1-11-8-14-9-12(2-7-16(14)22-11)10-19-20-17(21)13-3-5-15(18)6-4-13/h2-7,9-11H,8H2,1H3,(H,20,21)/b19-10+/t11-/m1/s1. The normalized spacial score (nSPS) is 16.4. The summed E-state index contributed by atoms with van der Waals surface area (Å²) in [5.74, 6) is 0.654. The number of ether oxygens (including phenoxy) is 1. The summed E-state index contributed by atoms with van der Waals surface area (Å²) in [6.07, 6.45) is 2.73. The molecule has 0 bridgehead atoms. The van der Waals surface area contributed by atoms with Gasteiger partial charge in [0.15, 0.2) is 0 Å². The Labute approximate surface area is 133 Å². The van der Waals surface area contributed by atoms with Crippen LogP contribution in [-0.4, -0.2) is 18.2 Å². The highest BCUT2D eigenvalue weighted by Gasteiger charge is 2.18. The monoisotopic (exact) mass is 314 g/mol. The van der Waals surface area contributed by atoms with Crippen LogP contribution in [0.5, 0.6) is 5.75 Å². The van der Waals surface area contributed by atoms with Crippen molar-refractivity contribution >= 4 is 23.7 Å². The maximum Gasteiger partial charge on any atom is 0.271 e. The van der Waals surface area contributed by atoms with E-state index in [2.05, 4.69) is 10.5 Å². The number of nitrogens with one attached hydrogen (secondary N) is 1. The van der Waals surface area contributed by atoms with Crippen LogP contribution >= 0.6 is 11.6 Å². The van der Waals surface area contributed by atoms with Crippen LogP contribution in [0.4, 0.5) is 0 Å². The number of nitrogens with zero attached hydrogens (tertiary/aromatic N) is 1. The molecule has 1 heterocycles. The molecule has 0 aliphatic carbocycles. The fourth-order valence-electron chi connectivity index (χ4n) is 2.35. The first-order chi connectivity index (χ1) is 10.6. The van der Waals surface area contributed by atoms with Crippen LogP contribution in [0, 0.1) is 0 Å². The second-order valence-electron chi connectivity index (χ2n) is 5.21. The molecular weight excluding hydrogens is 300 g/mol. The van der Waals surface area contributed by atoms with Gasteiger partial charge >= 0.3 is 0 Å². The molecule has 4 nitrogen and oxygen atoms in total.